The number of carbonyl (C=O) groups is 1. The summed E-state index contributed by atoms with van der Waals surface area (Å²) in [6, 6.07) is 0.709. The van der Waals surface area contributed by atoms with Gasteiger partial charge < -0.3 is 10.2 Å². The van der Waals surface area contributed by atoms with E-state index in [1.165, 1.54) is 57.9 Å². The molecule has 3 aliphatic heterocycles. The highest BCUT2D eigenvalue weighted by Gasteiger charge is 2.30. The Hall–Kier alpha value is -0.610. The van der Waals surface area contributed by atoms with Crippen LogP contribution in [-0.4, -0.2) is 61.0 Å². The first-order valence-corrected chi connectivity index (χ1v) is 9.06. The van der Waals surface area contributed by atoms with Gasteiger partial charge in [-0.05, 0) is 57.5 Å². The van der Waals surface area contributed by atoms with Gasteiger partial charge in [0.15, 0.2) is 0 Å². The van der Waals surface area contributed by atoms with Gasteiger partial charge in [-0.3, -0.25) is 9.69 Å². The molecule has 0 spiro atoms. The van der Waals surface area contributed by atoms with E-state index in [2.05, 4.69) is 15.1 Å². The first-order valence-electron chi connectivity index (χ1n) is 9.06. The fourth-order valence-corrected chi connectivity index (χ4v) is 4.29. The van der Waals surface area contributed by atoms with Crippen LogP contribution in [0.4, 0.5) is 0 Å². The third-order valence-electron chi connectivity index (χ3n) is 5.53. The van der Waals surface area contributed by atoms with Crippen molar-refractivity contribution >= 4 is 5.91 Å². The van der Waals surface area contributed by atoms with Crippen LogP contribution in [0, 0.1) is 5.92 Å². The van der Waals surface area contributed by atoms with Crippen molar-refractivity contribution in [3.63, 3.8) is 0 Å². The zero-order chi connectivity index (χ0) is 14.5. The highest BCUT2D eigenvalue weighted by atomic mass is 16.2. The molecule has 4 heteroatoms. The van der Waals surface area contributed by atoms with E-state index in [4.69, 9.17) is 0 Å². The monoisotopic (exact) mass is 293 g/mol. The van der Waals surface area contributed by atoms with Crippen molar-refractivity contribution < 1.29 is 4.79 Å². The third kappa shape index (κ3) is 4.19. The van der Waals surface area contributed by atoms with E-state index in [9.17, 15) is 4.79 Å². The van der Waals surface area contributed by atoms with Crippen LogP contribution in [0.1, 0.15) is 51.4 Å². The Balaban J connectivity index is 1.48. The van der Waals surface area contributed by atoms with Crippen molar-refractivity contribution in [3.8, 4) is 0 Å². The molecule has 0 bridgehead atoms. The second-order valence-electron chi connectivity index (χ2n) is 7.14. The van der Waals surface area contributed by atoms with Gasteiger partial charge in [0.25, 0.3) is 0 Å². The van der Waals surface area contributed by atoms with Crippen molar-refractivity contribution in [2.24, 2.45) is 5.92 Å². The van der Waals surface area contributed by atoms with E-state index in [-0.39, 0.29) is 0 Å². The summed E-state index contributed by atoms with van der Waals surface area (Å²) >= 11 is 0. The number of amides is 1. The third-order valence-corrected chi connectivity index (χ3v) is 5.53. The SMILES string of the molecule is O=C(CN1CCCC(C2CCCN2)C1)N1CCCCCC1. The standard InChI is InChI=1S/C17H31N3O/c21-17(20-11-3-1-2-4-12-20)14-19-10-6-7-15(13-19)16-8-5-9-18-16/h15-16,18H,1-14H2. The highest BCUT2D eigenvalue weighted by Crippen LogP contribution is 2.24. The summed E-state index contributed by atoms with van der Waals surface area (Å²) in [6.45, 7) is 6.05. The van der Waals surface area contributed by atoms with Crippen molar-refractivity contribution in [1.29, 1.82) is 0 Å². The fourth-order valence-electron chi connectivity index (χ4n) is 4.29. The Labute approximate surface area is 129 Å². The van der Waals surface area contributed by atoms with Crippen molar-refractivity contribution in [2.45, 2.75) is 57.4 Å². The molecule has 1 N–H and O–H groups in total. The Morgan fingerprint density at radius 3 is 2.48 bits per heavy atom. The van der Waals surface area contributed by atoms with Crippen molar-refractivity contribution in [2.75, 3.05) is 39.3 Å². The van der Waals surface area contributed by atoms with Crippen LogP contribution >= 0.6 is 0 Å². The van der Waals surface area contributed by atoms with E-state index in [1.807, 2.05) is 0 Å². The van der Waals surface area contributed by atoms with Gasteiger partial charge in [-0.25, -0.2) is 0 Å². The lowest BCUT2D eigenvalue weighted by atomic mass is 9.90. The summed E-state index contributed by atoms with van der Waals surface area (Å²) in [5.74, 6) is 1.13. The average molecular weight is 293 g/mol. The van der Waals surface area contributed by atoms with Crippen LogP contribution in [0.25, 0.3) is 0 Å². The minimum absolute atomic E-state index is 0.372. The summed E-state index contributed by atoms with van der Waals surface area (Å²) in [5, 5.41) is 3.65. The summed E-state index contributed by atoms with van der Waals surface area (Å²) in [6.07, 6.45) is 10.2. The number of hydrogen-bond acceptors (Lipinski definition) is 3. The minimum atomic E-state index is 0.372. The van der Waals surface area contributed by atoms with Crippen molar-refractivity contribution in [1.82, 2.24) is 15.1 Å². The first kappa shape index (κ1) is 15.3. The van der Waals surface area contributed by atoms with Crippen LogP contribution in [0.2, 0.25) is 0 Å². The topological polar surface area (TPSA) is 35.6 Å². The Morgan fingerprint density at radius 1 is 0.952 bits per heavy atom. The molecule has 3 saturated heterocycles. The van der Waals surface area contributed by atoms with E-state index in [0.29, 0.717) is 18.5 Å². The van der Waals surface area contributed by atoms with Crippen LogP contribution in [0.15, 0.2) is 0 Å². The van der Waals surface area contributed by atoms with E-state index in [1.54, 1.807) is 0 Å². The maximum atomic E-state index is 12.5. The van der Waals surface area contributed by atoms with Crippen LogP contribution in [0.5, 0.6) is 0 Å². The average Bonchev–Trinajstić information content (AvgIpc) is 2.90. The number of likely N-dealkylation sites (tertiary alicyclic amines) is 2. The molecule has 0 aromatic carbocycles. The molecule has 2 unspecified atom stereocenters. The minimum Gasteiger partial charge on any atom is -0.342 e. The molecule has 3 heterocycles. The normalized spacial score (nSPS) is 32.1. The van der Waals surface area contributed by atoms with E-state index >= 15 is 0 Å². The Kier molecular flexibility index (Phi) is 5.53. The molecule has 3 aliphatic rings. The van der Waals surface area contributed by atoms with Gasteiger partial charge in [-0.2, -0.15) is 0 Å². The molecule has 2 atom stereocenters. The summed E-state index contributed by atoms with van der Waals surface area (Å²) in [7, 11) is 0. The maximum absolute atomic E-state index is 12.5. The second-order valence-corrected chi connectivity index (χ2v) is 7.14. The van der Waals surface area contributed by atoms with E-state index < -0.39 is 0 Å². The highest BCUT2D eigenvalue weighted by molar-refractivity contribution is 5.78. The van der Waals surface area contributed by atoms with Crippen LogP contribution < -0.4 is 5.32 Å². The lowest BCUT2D eigenvalue weighted by molar-refractivity contribution is -0.132. The molecule has 0 saturated carbocycles. The van der Waals surface area contributed by atoms with Crippen LogP contribution in [0.3, 0.4) is 0 Å². The lowest BCUT2D eigenvalue weighted by Gasteiger charge is -2.36. The van der Waals surface area contributed by atoms with Crippen LogP contribution in [-0.2, 0) is 4.79 Å². The molecule has 0 aliphatic carbocycles. The number of nitrogens with one attached hydrogen (secondary N) is 1. The smallest absolute Gasteiger partial charge is 0.236 e. The van der Waals surface area contributed by atoms with Gasteiger partial charge in [0.1, 0.15) is 0 Å². The largest absolute Gasteiger partial charge is 0.342 e. The van der Waals surface area contributed by atoms with Gasteiger partial charge in [-0.1, -0.05) is 12.8 Å². The number of hydrogen-bond donors (Lipinski definition) is 1. The summed E-state index contributed by atoms with van der Waals surface area (Å²) in [5.41, 5.74) is 0. The molecule has 0 aromatic heterocycles. The lowest BCUT2D eigenvalue weighted by Crippen LogP contribution is -2.47. The molecule has 0 radical (unpaired) electrons. The molecular weight excluding hydrogens is 262 g/mol. The summed E-state index contributed by atoms with van der Waals surface area (Å²) in [4.78, 5) is 17.0. The van der Waals surface area contributed by atoms with Gasteiger partial charge in [0.05, 0.1) is 6.54 Å². The number of carbonyl (C=O) groups excluding carboxylic acids is 1. The molecule has 3 fully saturated rings. The Morgan fingerprint density at radius 2 is 1.76 bits per heavy atom. The predicted octanol–water partition coefficient (Wildman–Crippen LogP) is 1.85. The molecule has 0 aromatic rings. The van der Waals surface area contributed by atoms with Gasteiger partial charge in [-0.15, -0.1) is 0 Å². The van der Waals surface area contributed by atoms with Crippen molar-refractivity contribution in [3.05, 3.63) is 0 Å². The second kappa shape index (κ2) is 7.59. The molecule has 120 valence electrons. The zero-order valence-corrected chi connectivity index (χ0v) is 13.4. The predicted molar refractivity (Wildman–Crippen MR) is 85.2 cm³/mol. The Bertz CT molecular complexity index is 333. The number of piperidine rings is 1. The number of nitrogens with zero attached hydrogens (tertiary/aromatic N) is 2. The fraction of sp³-hybridized carbons (Fsp3) is 0.941. The van der Waals surface area contributed by atoms with Gasteiger partial charge >= 0.3 is 0 Å². The van der Waals surface area contributed by atoms with Gasteiger partial charge in [0.2, 0.25) is 5.91 Å². The molecule has 3 rings (SSSR count). The molecule has 21 heavy (non-hydrogen) atoms. The molecule has 4 nitrogen and oxygen atoms in total. The quantitative estimate of drug-likeness (QED) is 0.862. The van der Waals surface area contributed by atoms with Gasteiger partial charge in [0, 0.05) is 25.7 Å². The zero-order valence-electron chi connectivity index (χ0n) is 13.4. The molecular formula is C17H31N3O. The molecule has 1 amide bonds. The first-order chi connectivity index (χ1) is 10.3. The number of rotatable bonds is 3. The van der Waals surface area contributed by atoms with E-state index in [0.717, 1.165) is 32.1 Å². The maximum Gasteiger partial charge on any atom is 0.236 e. The summed E-state index contributed by atoms with van der Waals surface area (Å²) < 4.78 is 0.